The topological polar surface area (TPSA) is 156 Å². The van der Waals surface area contributed by atoms with Gasteiger partial charge in [0.15, 0.2) is 11.5 Å². The molecule has 0 bridgehead atoms. The highest BCUT2D eigenvalue weighted by Gasteiger charge is 2.31. The lowest BCUT2D eigenvalue weighted by Gasteiger charge is -2.12. The molecular formula is C22H23N3O9S2. The van der Waals surface area contributed by atoms with Crippen LogP contribution in [0.25, 0.3) is 11.5 Å². The van der Waals surface area contributed by atoms with Crippen LogP contribution in [0, 0.1) is 0 Å². The first kappa shape index (κ1) is 25.4. The fourth-order valence-corrected chi connectivity index (χ4v) is 6.07. The molecule has 192 valence electrons. The van der Waals surface area contributed by atoms with E-state index in [1.54, 1.807) is 0 Å². The van der Waals surface area contributed by atoms with Gasteiger partial charge in [-0.1, -0.05) is 5.10 Å². The van der Waals surface area contributed by atoms with Gasteiger partial charge in [0.2, 0.25) is 27.4 Å². The Labute approximate surface area is 210 Å². The molecule has 2 aromatic heterocycles. The molecule has 14 heteroatoms. The van der Waals surface area contributed by atoms with Crippen molar-refractivity contribution in [2.24, 2.45) is 0 Å². The van der Waals surface area contributed by atoms with E-state index in [2.05, 4.69) is 15.5 Å². The summed E-state index contributed by atoms with van der Waals surface area (Å²) in [5.41, 5.74) is 1.42. The number of thiophene rings is 1. The fraction of sp³-hybridized carbons (Fsp3) is 0.364. The first-order valence-electron chi connectivity index (χ1n) is 10.6. The Morgan fingerprint density at radius 3 is 2.36 bits per heavy atom. The van der Waals surface area contributed by atoms with Gasteiger partial charge in [0, 0.05) is 10.4 Å². The van der Waals surface area contributed by atoms with Gasteiger partial charge < -0.3 is 28.7 Å². The number of rotatable bonds is 9. The maximum Gasteiger partial charge on any atom is 0.341 e. The van der Waals surface area contributed by atoms with Crippen LogP contribution in [-0.4, -0.2) is 64.7 Å². The lowest BCUT2D eigenvalue weighted by atomic mass is 10.1. The van der Waals surface area contributed by atoms with Gasteiger partial charge in [-0.05, 0) is 37.0 Å². The average Bonchev–Trinajstić information content (AvgIpc) is 3.59. The average molecular weight is 538 g/mol. The molecule has 0 saturated heterocycles. The van der Waals surface area contributed by atoms with Crippen LogP contribution in [0.4, 0.5) is 5.00 Å². The Bertz CT molecular complexity index is 1400. The number of ether oxygens (including phenoxy) is 4. The number of nitrogens with zero attached hydrogens (tertiary/aromatic N) is 2. The van der Waals surface area contributed by atoms with E-state index < -0.39 is 32.7 Å². The van der Waals surface area contributed by atoms with Gasteiger partial charge in [-0.2, -0.15) is 0 Å². The number of methoxy groups -OCH3 is 4. The van der Waals surface area contributed by atoms with Crippen molar-refractivity contribution in [2.75, 3.05) is 39.5 Å². The summed E-state index contributed by atoms with van der Waals surface area (Å²) in [5, 5.41) is 9.45. The Kier molecular flexibility index (Phi) is 7.17. The van der Waals surface area contributed by atoms with Crippen LogP contribution in [0.1, 0.15) is 27.2 Å². The quantitative estimate of drug-likeness (QED) is 0.400. The van der Waals surface area contributed by atoms with E-state index >= 15 is 0 Å². The second-order valence-electron chi connectivity index (χ2n) is 7.65. The number of aryl methyl sites for hydroxylation is 1. The van der Waals surface area contributed by atoms with Gasteiger partial charge in [-0.15, -0.1) is 16.4 Å². The summed E-state index contributed by atoms with van der Waals surface area (Å²) >= 11 is 1.24. The molecule has 1 N–H and O–H groups in total. The standard InChI is InChI=1S/C22H23N3O9S2/c1-30-13-8-11(9-14(31-2)18(13)32-3)19-24-25-22(34-19)36(28,29)10-16(26)23-20-17(21(27)33-4)12-6-5-7-15(12)35-20/h8-9H,5-7,10H2,1-4H3,(H,23,26). The maximum atomic E-state index is 12.8. The van der Waals surface area contributed by atoms with Crippen molar-refractivity contribution in [2.45, 2.75) is 24.5 Å². The van der Waals surface area contributed by atoms with Crippen LogP contribution < -0.4 is 19.5 Å². The number of anilines is 1. The van der Waals surface area contributed by atoms with Crippen molar-refractivity contribution in [1.82, 2.24) is 10.2 Å². The molecule has 12 nitrogen and oxygen atoms in total. The second kappa shape index (κ2) is 10.1. The lowest BCUT2D eigenvalue weighted by molar-refractivity contribution is -0.113. The smallest absolute Gasteiger partial charge is 0.341 e. The molecule has 0 atom stereocenters. The van der Waals surface area contributed by atoms with E-state index in [1.165, 1.54) is 51.9 Å². The number of fused-ring (bicyclic) bond motifs is 1. The summed E-state index contributed by atoms with van der Waals surface area (Å²) in [5.74, 6) is -1.59. The molecule has 2 heterocycles. The van der Waals surface area contributed by atoms with Gasteiger partial charge in [0.1, 0.15) is 10.8 Å². The maximum absolute atomic E-state index is 12.8. The van der Waals surface area contributed by atoms with Crippen molar-refractivity contribution in [3.63, 3.8) is 0 Å². The van der Waals surface area contributed by atoms with Gasteiger partial charge in [-0.25, -0.2) is 13.2 Å². The molecule has 4 rings (SSSR count). The fourth-order valence-electron chi connectivity index (χ4n) is 3.86. The van der Waals surface area contributed by atoms with Gasteiger partial charge in [0.25, 0.3) is 0 Å². The summed E-state index contributed by atoms with van der Waals surface area (Å²) < 4.78 is 51.7. The van der Waals surface area contributed by atoms with Gasteiger partial charge >= 0.3 is 11.2 Å². The summed E-state index contributed by atoms with van der Waals surface area (Å²) in [6.07, 6.45) is 2.37. The van der Waals surface area contributed by atoms with Crippen molar-refractivity contribution < 1.29 is 41.4 Å². The lowest BCUT2D eigenvalue weighted by Crippen LogP contribution is -2.24. The summed E-state index contributed by atoms with van der Waals surface area (Å²) in [7, 11) is 1.25. The molecule has 36 heavy (non-hydrogen) atoms. The molecule has 1 aromatic carbocycles. The third kappa shape index (κ3) is 4.73. The summed E-state index contributed by atoms with van der Waals surface area (Å²) in [4.78, 5) is 25.9. The molecule has 1 amide bonds. The number of sulfone groups is 1. The van der Waals surface area contributed by atoms with Crippen LogP contribution in [0.2, 0.25) is 0 Å². The van der Waals surface area contributed by atoms with E-state index in [0.717, 1.165) is 23.3 Å². The van der Waals surface area contributed by atoms with Crippen LogP contribution in [-0.2, 0) is 32.2 Å². The zero-order valence-corrected chi connectivity index (χ0v) is 21.5. The van der Waals surface area contributed by atoms with E-state index in [9.17, 15) is 18.0 Å². The largest absolute Gasteiger partial charge is 0.493 e. The summed E-state index contributed by atoms with van der Waals surface area (Å²) in [6, 6.07) is 3.03. The minimum Gasteiger partial charge on any atom is -0.493 e. The first-order valence-corrected chi connectivity index (χ1v) is 13.1. The van der Waals surface area contributed by atoms with Gasteiger partial charge in [-0.3, -0.25) is 4.79 Å². The number of carbonyl (C=O) groups excluding carboxylic acids is 2. The minimum absolute atomic E-state index is 0.129. The van der Waals surface area contributed by atoms with Crippen LogP contribution in [0.15, 0.2) is 21.8 Å². The zero-order valence-electron chi connectivity index (χ0n) is 19.9. The van der Waals surface area contributed by atoms with Gasteiger partial charge in [0.05, 0.1) is 34.0 Å². The zero-order chi connectivity index (χ0) is 26.0. The number of amides is 1. The van der Waals surface area contributed by atoms with Crippen LogP contribution in [0.3, 0.4) is 0 Å². The highest BCUT2D eigenvalue weighted by atomic mass is 32.2. The second-order valence-corrected chi connectivity index (χ2v) is 10.6. The third-order valence-corrected chi connectivity index (χ3v) is 8.02. The van der Waals surface area contributed by atoms with E-state index in [1.807, 2.05) is 0 Å². The Hall–Kier alpha value is -3.65. The number of hydrogen-bond acceptors (Lipinski definition) is 12. The number of benzene rings is 1. The predicted octanol–water partition coefficient (Wildman–Crippen LogP) is 2.51. The molecule has 0 spiro atoms. The summed E-state index contributed by atoms with van der Waals surface area (Å²) in [6.45, 7) is 0. The number of nitrogens with one attached hydrogen (secondary N) is 1. The molecular weight excluding hydrogens is 514 g/mol. The number of esters is 1. The van der Waals surface area contributed by atoms with Crippen molar-refractivity contribution in [1.29, 1.82) is 0 Å². The molecule has 0 aliphatic heterocycles. The van der Waals surface area contributed by atoms with E-state index in [0.29, 0.717) is 29.2 Å². The molecule has 0 unspecified atom stereocenters. The predicted molar refractivity (Wildman–Crippen MR) is 128 cm³/mol. The third-order valence-electron chi connectivity index (χ3n) is 5.47. The highest BCUT2D eigenvalue weighted by Crippen LogP contribution is 2.41. The van der Waals surface area contributed by atoms with E-state index in [4.69, 9.17) is 23.4 Å². The van der Waals surface area contributed by atoms with Crippen LogP contribution >= 0.6 is 11.3 Å². The molecule has 0 fully saturated rings. The number of hydrogen-bond donors (Lipinski definition) is 1. The monoisotopic (exact) mass is 537 g/mol. The molecule has 0 radical (unpaired) electrons. The first-order chi connectivity index (χ1) is 17.2. The normalized spacial score (nSPS) is 12.7. The van der Waals surface area contributed by atoms with Crippen molar-refractivity contribution in [3.05, 3.63) is 28.1 Å². The van der Waals surface area contributed by atoms with Crippen LogP contribution in [0.5, 0.6) is 17.2 Å². The van der Waals surface area contributed by atoms with E-state index in [-0.39, 0.29) is 16.5 Å². The van der Waals surface area contributed by atoms with Crippen molar-refractivity contribution >= 4 is 38.1 Å². The molecule has 0 saturated carbocycles. The molecule has 1 aliphatic rings. The Morgan fingerprint density at radius 2 is 1.75 bits per heavy atom. The SMILES string of the molecule is COC(=O)c1c(NC(=O)CS(=O)(=O)c2nnc(-c3cc(OC)c(OC)c(OC)c3)o2)sc2c1CCC2. The Morgan fingerprint density at radius 1 is 1.06 bits per heavy atom. The number of carbonyl (C=O) groups is 2. The molecule has 1 aliphatic carbocycles. The molecule has 3 aromatic rings. The highest BCUT2D eigenvalue weighted by molar-refractivity contribution is 7.91. The Balaban J connectivity index is 1.55. The van der Waals surface area contributed by atoms with Crippen molar-refractivity contribution in [3.8, 4) is 28.7 Å². The number of aromatic nitrogens is 2. The minimum atomic E-state index is -4.30.